The molecule has 3 aromatic rings. The van der Waals surface area contributed by atoms with Crippen molar-refractivity contribution in [3.8, 4) is 22.6 Å². The second kappa shape index (κ2) is 4.85. The summed E-state index contributed by atoms with van der Waals surface area (Å²) in [5.41, 5.74) is 7.96. The summed E-state index contributed by atoms with van der Waals surface area (Å²) in [5.74, 6) is 2.22. The first-order valence-corrected chi connectivity index (χ1v) is 8.92. The van der Waals surface area contributed by atoms with Crippen molar-refractivity contribution in [3.63, 3.8) is 0 Å². The van der Waals surface area contributed by atoms with Gasteiger partial charge in [-0.05, 0) is 65.8 Å². The van der Waals surface area contributed by atoms with E-state index in [0.717, 1.165) is 17.0 Å². The van der Waals surface area contributed by atoms with Crippen LogP contribution in [0.2, 0.25) is 0 Å². The quantitative estimate of drug-likeness (QED) is 0.608. The normalized spacial score (nSPS) is 19.8. The summed E-state index contributed by atoms with van der Waals surface area (Å²) in [6, 6.07) is 12.8. The van der Waals surface area contributed by atoms with E-state index in [1.54, 1.807) is 0 Å². The number of pyridine rings is 1. The van der Waals surface area contributed by atoms with Gasteiger partial charge in [-0.1, -0.05) is 18.2 Å². The number of allylic oxidation sites excluding steroid dienone is 2. The highest BCUT2D eigenvalue weighted by molar-refractivity contribution is 6.04. The van der Waals surface area contributed by atoms with Gasteiger partial charge < -0.3 is 9.47 Å². The fraction of sp³-hybridized carbons (Fsp3) is 0.227. The van der Waals surface area contributed by atoms with Crippen molar-refractivity contribution in [2.75, 3.05) is 6.79 Å². The number of hydrogen-bond acceptors (Lipinski definition) is 3. The molecule has 3 aliphatic rings. The Morgan fingerprint density at radius 3 is 3.00 bits per heavy atom. The van der Waals surface area contributed by atoms with Crippen LogP contribution in [-0.2, 0) is 0 Å². The molecule has 0 saturated carbocycles. The lowest BCUT2D eigenvalue weighted by Gasteiger charge is -2.39. The SMILES string of the molecule is C1=C2c3cc4cccnc4c(-c4ccc5c(c4)OCO5)c3C2CCC1. The van der Waals surface area contributed by atoms with Gasteiger partial charge in [0.25, 0.3) is 0 Å². The molecule has 0 amide bonds. The van der Waals surface area contributed by atoms with E-state index in [-0.39, 0.29) is 0 Å². The van der Waals surface area contributed by atoms with E-state index < -0.39 is 0 Å². The molecule has 3 nitrogen and oxygen atoms in total. The zero-order valence-electron chi connectivity index (χ0n) is 13.8. The summed E-state index contributed by atoms with van der Waals surface area (Å²) >= 11 is 0. The molecule has 1 aromatic heterocycles. The molecule has 0 N–H and O–H groups in total. The zero-order chi connectivity index (χ0) is 16.4. The summed E-state index contributed by atoms with van der Waals surface area (Å²) in [4.78, 5) is 4.73. The second-order valence-corrected chi connectivity index (χ2v) is 7.00. The van der Waals surface area contributed by atoms with Crippen LogP contribution in [0.1, 0.15) is 36.3 Å². The molecule has 1 unspecified atom stereocenters. The second-order valence-electron chi connectivity index (χ2n) is 7.00. The molecule has 2 aliphatic carbocycles. The summed E-state index contributed by atoms with van der Waals surface area (Å²) < 4.78 is 11.1. The van der Waals surface area contributed by atoms with Crippen LogP contribution in [0.3, 0.4) is 0 Å². The maximum atomic E-state index is 5.61. The zero-order valence-corrected chi connectivity index (χ0v) is 13.8. The van der Waals surface area contributed by atoms with Gasteiger partial charge in [0, 0.05) is 23.1 Å². The Hall–Kier alpha value is -2.81. The first kappa shape index (κ1) is 13.5. The standard InChI is InChI=1S/C22H17NO2/c1-2-6-16-15(5-1)17-10-14-4-3-9-23-22(14)20(21(16)17)13-7-8-18-19(11-13)25-12-24-18/h3-5,7-11,16H,1-2,6,12H2. The summed E-state index contributed by atoms with van der Waals surface area (Å²) in [6.45, 7) is 0.306. The predicted molar refractivity (Wildman–Crippen MR) is 97.9 cm³/mol. The minimum Gasteiger partial charge on any atom is -0.454 e. The fourth-order valence-electron chi connectivity index (χ4n) is 4.58. The Balaban J connectivity index is 1.67. The van der Waals surface area contributed by atoms with Gasteiger partial charge in [0.1, 0.15) is 0 Å². The molecule has 0 bridgehead atoms. The smallest absolute Gasteiger partial charge is 0.231 e. The average Bonchev–Trinajstić information content (AvgIpc) is 3.13. The van der Waals surface area contributed by atoms with Gasteiger partial charge in [-0.3, -0.25) is 4.98 Å². The third kappa shape index (κ3) is 1.78. The molecule has 0 fully saturated rings. The van der Waals surface area contributed by atoms with Gasteiger partial charge in [0.2, 0.25) is 6.79 Å². The molecule has 1 aliphatic heterocycles. The maximum Gasteiger partial charge on any atom is 0.231 e. The maximum absolute atomic E-state index is 5.61. The Bertz CT molecular complexity index is 1070. The van der Waals surface area contributed by atoms with Gasteiger partial charge in [-0.15, -0.1) is 0 Å². The van der Waals surface area contributed by atoms with Gasteiger partial charge in [0.15, 0.2) is 11.5 Å². The first-order chi connectivity index (χ1) is 12.4. The lowest BCUT2D eigenvalue weighted by atomic mass is 9.65. The largest absolute Gasteiger partial charge is 0.454 e. The lowest BCUT2D eigenvalue weighted by Crippen LogP contribution is -2.20. The van der Waals surface area contributed by atoms with Crippen LogP contribution in [0.4, 0.5) is 0 Å². The number of benzene rings is 2. The van der Waals surface area contributed by atoms with Crippen molar-refractivity contribution < 1.29 is 9.47 Å². The highest BCUT2D eigenvalue weighted by Crippen LogP contribution is 2.56. The Labute approximate surface area is 145 Å². The highest BCUT2D eigenvalue weighted by atomic mass is 16.7. The molecule has 1 atom stereocenters. The number of nitrogens with zero attached hydrogens (tertiary/aromatic N) is 1. The van der Waals surface area contributed by atoms with Gasteiger partial charge >= 0.3 is 0 Å². The minimum absolute atomic E-state index is 0.306. The third-order valence-corrected chi connectivity index (χ3v) is 5.69. The number of fused-ring (bicyclic) bond motifs is 6. The van der Waals surface area contributed by atoms with Crippen LogP contribution in [0.25, 0.3) is 27.6 Å². The number of hydrogen-bond donors (Lipinski definition) is 0. The molecule has 2 aromatic carbocycles. The Kier molecular flexibility index (Phi) is 2.62. The van der Waals surface area contributed by atoms with E-state index in [1.165, 1.54) is 52.5 Å². The van der Waals surface area contributed by atoms with Crippen LogP contribution >= 0.6 is 0 Å². The highest BCUT2D eigenvalue weighted by Gasteiger charge is 2.37. The Morgan fingerprint density at radius 2 is 2.00 bits per heavy atom. The molecule has 25 heavy (non-hydrogen) atoms. The molecule has 0 saturated heterocycles. The summed E-state index contributed by atoms with van der Waals surface area (Å²) in [6.07, 6.45) is 8.04. The first-order valence-electron chi connectivity index (χ1n) is 8.92. The third-order valence-electron chi connectivity index (χ3n) is 5.69. The molecule has 0 spiro atoms. The van der Waals surface area contributed by atoms with Crippen LogP contribution in [0.15, 0.2) is 48.7 Å². The van der Waals surface area contributed by atoms with Crippen molar-refractivity contribution in [2.45, 2.75) is 25.2 Å². The van der Waals surface area contributed by atoms with E-state index in [1.807, 2.05) is 18.3 Å². The van der Waals surface area contributed by atoms with E-state index in [9.17, 15) is 0 Å². The molecular formula is C22H17NO2. The molecular weight excluding hydrogens is 310 g/mol. The van der Waals surface area contributed by atoms with E-state index in [2.05, 4.69) is 30.3 Å². The van der Waals surface area contributed by atoms with E-state index >= 15 is 0 Å². The van der Waals surface area contributed by atoms with Crippen LogP contribution in [-0.4, -0.2) is 11.8 Å². The van der Waals surface area contributed by atoms with Crippen LogP contribution in [0, 0.1) is 0 Å². The minimum atomic E-state index is 0.306. The van der Waals surface area contributed by atoms with Gasteiger partial charge in [-0.2, -0.15) is 0 Å². The topological polar surface area (TPSA) is 31.4 Å². The van der Waals surface area contributed by atoms with Crippen LogP contribution < -0.4 is 9.47 Å². The molecule has 122 valence electrons. The van der Waals surface area contributed by atoms with Crippen molar-refractivity contribution in [2.24, 2.45) is 0 Å². The van der Waals surface area contributed by atoms with Crippen molar-refractivity contribution in [3.05, 3.63) is 59.8 Å². The van der Waals surface area contributed by atoms with E-state index in [4.69, 9.17) is 14.5 Å². The number of rotatable bonds is 1. The monoisotopic (exact) mass is 327 g/mol. The molecule has 3 heteroatoms. The van der Waals surface area contributed by atoms with Gasteiger partial charge in [0.05, 0.1) is 5.52 Å². The summed E-state index contributed by atoms with van der Waals surface area (Å²) in [5, 5.41) is 1.21. The number of ether oxygens (including phenoxy) is 2. The molecule has 2 heterocycles. The Morgan fingerprint density at radius 1 is 1.04 bits per heavy atom. The predicted octanol–water partition coefficient (Wildman–Crippen LogP) is 5.30. The summed E-state index contributed by atoms with van der Waals surface area (Å²) in [7, 11) is 0. The fourth-order valence-corrected chi connectivity index (χ4v) is 4.58. The van der Waals surface area contributed by atoms with Crippen molar-refractivity contribution in [1.29, 1.82) is 0 Å². The molecule has 0 radical (unpaired) electrons. The molecule has 6 rings (SSSR count). The van der Waals surface area contributed by atoms with E-state index in [0.29, 0.717) is 12.7 Å². The lowest BCUT2D eigenvalue weighted by molar-refractivity contribution is 0.174. The van der Waals surface area contributed by atoms with Crippen LogP contribution in [0.5, 0.6) is 11.5 Å². The average molecular weight is 327 g/mol. The number of aromatic nitrogens is 1. The van der Waals surface area contributed by atoms with Crippen molar-refractivity contribution >= 4 is 16.5 Å². The van der Waals surface area contributed by atoms with Gasteiger partial charge in [-0.25, -0.2) is 0 Å². The van der Waals surface area contributed by atoms with Crippen molar-refractivity contribution in [1.82, 2.24) is 4.98 Å².